The summed E-state index contributed by atoms with van der Waals surface area (Å²) in [6.07, 6.45) is 8.36. The van der Waals surface area contributed by atoms with E-state index in [4.69, 9.17) is 9.72 Å². The smallest absolute Gasteiger partial charge is 0.332 e. The Morgan fingerprint density at radius 2 is 1.88 bits per heavy atom. The molecule has 4 rings (SSSR count). The largest absolute Gasteiger partial charge is 0.479 e. The van der Waals surface area contributed by atoms with Crippen molar-refractivity contribution in [1.82, 2.24) is 9.88 Å². The third-order valence-corrected chi connectivity index (χ3v) is 9.40. The quantitative estimate of drug-likeness (QED) is 0.167. The minimum atomic E-state index is -0.888. The molecule has 0 saturated heterocycles. The fraction of sp³-hybridized carbons (Fsp3) is 0.576. The molecule has 1 aliphatic carbocycles. The monoisotopic (exact) mass is 604 g/mol. The first-order valence-corrected chi connectivity index (χ1v) is 15.8. The minimum absolute atomic E-state index is 0. The lowest BCUT2D eigenvalue weighted by molar-refractivity contribution is -0.152. The lowest BCUT2D eigenvalue weighted by Crippen LogP contribution is -2.34. The van der Waals surface area contributed by atoms with E-state index >= 15 is 0 Å². The average Bonchev–Trinajstić information content (AvgIpc) is 3.34. The van der Waals surface area contributed by atoms with Gasteiger partial charge in [-0.2, -0.15) is 0 Å². The molecule has 2 aromatic carbocycles. The molecule has 0 amide bonds. The third-order valence-electron chi connectivity index (χ3n) is 8.30. The molecule has 5 nitrogen and oxygen atoms in total. The Kier molecular flexibility index (Phi) is 13.5. The molecular formula is C33H46ClFN2O3S. The van der Waals surface area contributed by atoms with Gasteiger partial charge in [0.1, 0.15) is 5.82 Å². The SMILES string of the molecule is CC(C)[C@@H]1c2ccc(F)cc2CCC1CO[C@@H](CCN(C)CCCCCCCc1nc2ccccc2s1)C(=O)O.Cl. The van der Waals surface area contributed by atoms with E-state index in [1.54, 1.807) is 6.07 Å². The number of aliphatic carboxylic acids is 1. The summed E-state index contributed by atoms with van der Waals surface area (Å²) in [7, 11) is 2.07. The van der Waals surface area contributed by atoms with Crippen molar-refractivity contribution >= 4 is 39.9 Å². The van der Waals surface area contributed by atoms with Crippen LogP contribution in [-0.2, 0) is 22.4 Å². The number of unbranched alkanes of at least 4 members (excludes halogenated alkanes) is 4. The van der Waals surface area contributed by atoms with E-state index < -0.39 is 12.1 Å². The fourth-order valence-electron chi connectivity index (χ4n) is 6.16. The van der Waals surface area contributed by atoms with Gasteiger partial charge in [-0.15, -0.1) is 23.7 Å². The molecule has 3 aromatic rings. The number of carboxylic acid groups (broad SMARTS) is 1. The Morgan fingerprint density at radius 3 is 2.63 bits per heavy atom. The van der Waals surface area contributed by atoms with Crippen molar-refractivity contribution in [2.75, 3.05) is 26.7 Å². The van der Waals surface area contributed by atoms with Crippen molar-refractivity contribution in [2.45, 2.75) is 83.7 Å². The maximum absolute atomic E-state index is 13.8. The zero-order valence-electron chi connectivity index (χ0n) is 24.7. The van der Waals surface area contributed by atoms with E-state index in [0.29, 0.717) is 25.5 Å². The van der Waals surface area contributed by atoms with Crippen LogP contribution in [0.3, 0.4) is 0 Å². The van der Waals surface area contributed by atoms with Crippen molar-refractivity contribution in [3.63, 3.8) is 0 Å². The van der Waals surface area contributed by atoms with Crippen LogP contribution in [0.25, 0.3) is 10.2 Å². The number of fused-ring (bicyclic) bond motifs is 2. The van der Waals surface area contributed by atoms with Gasteiger partial charge in [-0.25, -0.2) is 14.2 Å². The summed E-state index contributed by atoms with van der Waals surface area (Å²) in [5.41, 5.74) is 3.39. The molecule has 0 aliphatic heterocycles. The first-order valence-electron chi connectivity index (χ1n) is 15.0. The van der Waals surface area contributed by atoms with E-state index in [2.05, 4.69) is 44.0 Å². The highest BCUT2D eigenvalue weighted by Crippen LogP contribution is 2.41. The number of para-hydroxylation sites is 1. The molecule has 8 heteroatoms. The fourth-order valence-corrected chi connectivity index (χ4v) is 7.17. The topological polar surface area (TPSA) is 62.7 Å². The summed E-state index contributed by atoms with van der Waals surface area (Å²) in [5.74, 6) is -0.206. The summed E-state index contributed by atoms with van der Waals surface area (Å²) in [6.45, 7) is 6.47. The van der Waals surface area contributed by atoms with Gasteiger partial charge in [0.05, 0.1) is 21.8 Å². The second-order valence-electron chi connectivity index (χ2n) is 11.8. The number of carboxylic acids is 1. The number of benzene rings is 2. The van der Waals surface area contributed by atoms with E-state index in [-0.39, 0.29) is 30.1 Å². The van der Waals surface area contributed by atoms with Gasteiger partial charge in [0.2, 0.25) is 0 Å². The first-order chi connectivity index (χ1) is 19.3. The Hall–Kier alpha value is -2.06. The number of hydrogen-bond acceptors (Lipinski definition) is 5. The van der Waals surface area contributed by atoms with Crippen LogP contribution in [0, 0.1) is 17.7 Å². The molecule has 0 radical (unpaired) electrons. The third kappa shape index (κ3) is 9.74. The molecule has 3 atom stereocenters. The summed E-state index contributed by atoms with van der Waals surface area (Å²) in [6, 6.07) is 13.4. The first kappa shape index (κ1) is 33.4. The van der Waals surface area contributed by atoms with Crippen LogP contribution in [0.15, 0.2) is 42.5 Å². The second kappa shape index (κ2) is 16.5. The summed E-state index contributed by atoms with van der Waals surface area (Å²) < 4.78 is 21.1. The van der Waals surface area contributed by atoms with Gasteiger partial charge >= 0.3 is 5.97 Å². The molecule has 1 heterocycles. The molecule has 226 valence electrons. The molecule has 41 heavy (non-hydrogen) atoms. The van der Waals surface area contributed by atoms with E-state index in [9.17, 15) is 14.3 Å². The lowest BCUT2D eigenvalue weighted by atomic mass is 9.70. The summed E-state index contributed by atoms with van der Waals surface area (Å²) in [4.78, 5) is 18.9. The molecule has 0 fully saturated rings. The van der Waals surface area contributed by atoms with Crippen molar-refractivity contribution in [3.8, 4) is 0 Å². The number of halogens is 2. The van der Waals surface area contributed by atoms with Gasteiger partial charge in [0, 0.05) is 6.54 Å². The van der Waals surface area contributed by atoms with Crippen LogP contribution in [0.2, 0.25) is 0 Å². The maximum atomic E-state index is 13.8. The van der Waals surface area contributed by atoms with Crippen molar-refractivity contribution in [1.29, 1.82) is 0 Å². The lowest BCUT2D eigenvalue weighted by Gasteiger charge is -2.36. The van der Waals surface area contributed by atoms with E-state index in [1.807, 2.05) is 23.5 Å². The van der Waals surface area contributed by atoms with Gasteiger partial charge in [-0.3, -0.25) is 0 Å². The number of ether oxygens (including phenoxy) is 1. The summed E-state index contributed by atoms with van der Waals surface area (Å²) >= 11 is 1.81. The van der Waals surface area contributed by atoms with Crippen LogP contribution in [-0.4, -0.2) is 53.8 Å². The van der Waals surface area contributed by atoms with E-state index in [0.717, 1.165) is 43.3 Å². The van der Waals surface area contributed by atoms with Gasteiger partial charge < -0.3 is 14.7 Å². The molecule has 0 spiro atoms. The highest BCUT2D eigenvalue weighted by molar-refractivity contribution is 7.18. The number of hydrogen-bond donors (Lipinski definition) is 1. The van der Waals surface area contributed by atoms with Gasteiger partial charge in [0.15, 0.2) is 6.10 Å². The number of nitrogens with zero attached hydrogens (tertiary/aromatic N) is 2. The van der Waals surface area contributed by atoms with Crippen molar-refractivity contribution in [3.05, 3.63) is 64.4 Å². The average molecular weight is 605 g/mol. The van der Waals surface area contributed by atoms with Crippen LogP contribution in [0.5, 0.6) is 0 Å². The van der Waals surface area contributed by atoms with Crippen LogP contribution < -0.4 is 0 Å². The molecule has 1 N–H and O–H groups in total. The Balaban J connectivity index is 0.00000462. The molecular weight excluding hydrogens is 559 g/mol. The van der Waals surface area contributed by atoms with Crippen molar-refractivity contribution < 1.29 is 19.0 Å². The molecule has 1 unspecified atom stereocenters. The Bertz CT molecular complexity index is 1200. The summed E-state index contributed by atoms with van der Waals surface area (Å²) in [5, 5.41) is 11.0. The Morgan fingerprint density at radius 1 is 1.12 bits per heavy atom. The second-order valence-corrected chi connectivity index (χ2v) is 12.9. The predicted molar refractivity (Wildman–Crippen MR) is 169 cm³/mol. The zero-order valence-corrected chi connectivity index (χ0v) is 26.3. The van der Waals surface area contributed by atoms with Crippen LogP contribution in [0.1, 0.15) is 80.8 Å². The molecule has 0 saturated carbocycles. The zero-order chi connectivity index (χ0) is 28.5. The van der Waals surface area contributed by atoms with Crippen molar-refractivity contribution in [2.24, 2.45) is 11.8 Å². The van der Waals surface area contributed by atoms with Gasteiger partial charge in [0.25, 0.3) is 0 Å². The number of aromatic nitrogens is 1. The van der Waals surface area contributed by atoms with E-state index in [1.165, 1.54) is 47.0 Å². The predicted octanol–water partition coefficient (Wildman–Crippen LogP) is 8.14. The Labute approximate surface area is 254 Å². The van der Waals surface area contributed by atoms with Gasteiger partial charge in [-0.05, 0) is 105 Å². The normalized spacial score (nSPS) is 17.5. The highest BCUT2D eigenvalue weighted by atomic mass is 35.5. The number of thiazole rings is 1. The van der Waals surface area contributed by atoms with Crippen LogP contribution >= 0.6 is 23.7 Å². The number of carbonyl (C=O) groups is 1. The molecule has 1 aliphatic rings. The molecule has 0 bridgehead atoms. The highest BCUT2D eigenvalue weighted by Gasteiger charge is 2.33. The standard InChI is InChI=1S/C33H45FN2O3S.ClH/c1-23(2)32-25(15-14-24-21-26(34)16-17-27(24)32)22-39-29(33(37)38)18-20-36(3)19-10-6-4-5-7-13-31-35-28-11-8-9-12-30(28)40-31;/h8-9,11-12,16-17,21,23,25,29,32H,4-7,10,13-15,18-20,22H2,1-3H3,(H,37,38);1H/t25?,29-,32-;/m0./s1. The van der Waals surface area contributed by atoms with Crippen LogP contribution in [0.4, 0.5) is 4.39 Å². The molecule has 1 aromatic heterocycles. The number of aryl methyl sites for hydroxylation is 2. The minimum Gasteiger partial charge on any atom is -0.479 e. The number of rotatable bonds is 16. The van der Waals surface area contributed by atoms with Gasteiger partial charge in [-0.1, -0.05) is 51.3 Å². The maximum Gasteiger partial charge on any atom is 0.332 e.